The number of ketones is 2. The normalized spacial score (nSPS) is 16.5. The predicted octanol–water partition coefficient (Wildman–Crippen LogP) is 1.53. The minimum Gasteiger partial charge on any atom is -0.357 e. The van der Waals surface area contributed by atoms with Gasteiger partial charge in [0.1, 0.15) is 0 Å². The third kappa shape index (κ3) is 0.900. The van der Waals surface area contributed by atoms with Crippen LogP contribution in [-0.2, 0) is 0 Å². The topological polar surface area (TPSA) is 49.9 Å². The highest BCUT2D eigenvalue weighted by Crippen LogP contribution is 2.23. The maximum absolute atomic E-state index is 11.6. The van der Waals surface area contributed by atoms with E-state index in [0.717, 1.165) is 0 Å². The van der Waals surface area contributed by atoms with Gasteiger partial charge >= 0.3 is 0 Å². The molecule has 1 aromatic heterocycles. The fourth-order valence-corrected chi connectivity index (χ4v) is 1.40. The second-order valence-electron chi connectivity index (χ2n) is 3.09. The van der Waals surface area contributed by atoms with Gasteiger partial charge in [0.2, 0.25) is 5.78 Å². The average molecular weight is 174 g/mol. The Bertz CT molecular complexity index is 399. The number of carbonyl (C=O) groups excluding carboxylic acids is 2. The van der Waals surface area contributed by atoms with Crippen molar-refractivity contribution in [1.29, 1.82) is 0 Å². The zero-order chi connectivity index (χ0) is 9.59. The fraction of sp³-hybridized carbons (Fsp3) is 0.200. The quantitative estimate of drug-likeness (QED) is 0.648. The average Bonchev–Trinajstić information content (AvgIpc) is 2.59. The van der Waals surface area contributed by atoms with Crippen LogP contribution in [0.15, 0.2) is 17.3 Å². The van der Waals surface area contributed by atoms with Crippen molar-refractivity contribution in [2.45, 2.75) is 13.8 Å². The number of aromatic amines is 1. The van der Waals surface area contributed by atoms with Gasteiger partial charge in [-0.1, -0.05) is 0 Å². The van der Waals surface area contributed by atoms with E-state index < -0.39 is 0 Å². The molecule has 1 aromatic rings. The van der Waals surface area contributed by atoms with Crippen LogP contribution in [0.5, 0.6) is 0 Å². The van der Waals surface area contributed by atoms with E-state index in [1.807, 2.05) is 0 Å². The highest BCUT2D eigenvalue weighted by atomic mass is 16.1. The van der Waals surface area contributed by atoms with Crippen molar-refractivity contribution in [3.8, 4) is 0 Å². The summed E-state index contributed by atoms with van der Waals surface area (Å²) in [5.41, 5.74) is 1.78. The van der Waals surface area contributed by atoms with Crippen LogP contribution >= 0.6 is 0 Å². The summed E-state index contributed by atoms with van der Waals surface area (Å²) < 4.78 is 0. The molecule has 65 valence electrons. The highest BCUT2D eigenvalue weighted by Gasteiger charge is 2.28. The van der Waals surface area contributed by atoms with Crippen LogP contribution in [0.1, 0.15) is 34.7 Å². The predicted molar refractivity (Wildman–Crippen MR) is 46.7 cm³/mol. The first-order chi connectivity index (χ1) is 6.13. The van der Waals surface area contributed by atoms with Crippen LogP contribution in [0.4, 0.5) is 0 Å². The first-order valence-electron chi connectivity index (χ1n) is 3.99. The Morgan fingerprint density at radius 2 is 1.77 bits per heavy atom. The van der Waals surface area contributed by atoms with Gasteiger partial charge in [0.25, 0.3) is 0 Å². The number of hydrogen-bond donors (Lipinski definition) is 1. The van der Waals surface area contributed by atoms with Crippen molar-refractivity contribution in [3.05, 3.63) is 34.7 Å². The minimum absolute atomic E-state index is 0.103. The Balaban J connectivity index is 2.71. The van der Waals surface area contributed by atoms with Gasteiger partial charge in [0.15, 0.2) is 5.78 Å². The van der Waals surface area contributed by atoms with Gasteiger partial charge in [-0.15, -0.1) is 0 Å². The molecule has 0 saturated carbocycles. The summed E-state index contributed by atoms with van der Waals surface area (Å²) in [7, 11) is 0. The molecule has 0 bridgehead atoms. The summed E-state index contributed by atoms with van der Waals surface area (Å²) in [6.45, 7) is 3.33. The molecule has 0 saturated heterocycles. The van der Waals surface area contributed by atoms with Crippen molar-refractivity contribution in [2.24, 2.45) is 0 Å². The van der Waals surface area contributed by atoms with E-state index >= 15 is 0 Å². The van der Waals surface area contributed by atoms with Crippen LogP contribution in [0, 0.1) is 6.07 Å². The van der Waals surface area contributed by atoms with Crippen LogP contribution in [0.3, 0.4) is 0 Å². The zero-order valence-electron chi connectivity index (χ0n) is 7.39. The first-order valence-corrected chi connectivity index (χ1v) is 3.99. The molecule has 1 heterocycles. The van der Waals surface area contributed by atoms with E-state index in [1.54, 1.807) is 13.8 Å². The van der Waals surface area contributed by atoms with E-state index in [0.29, 0.717) is 22.4 Å². The Hall–Kier alpha value is -1.64. The largest absolute Gasteiger partial charge is 0.357 e. The van der Waals surface area contributed by atoms with E-state index in [1.165, 1.54) is 6.20 Å². The number of rotatable bonds is 0. The monoisotopic (exact) mass is 174 g/mol. The number of hydrogen-bond acceptors (Lipinski definition) is 2. The second-order valence-corrected chi connectivity index (χ2v) is 3.09. The SMILES string of the molecule is CC1=C(C)C(=O)c2[nH]c[c]c2C1=O. The van der Waals surface area contributed by atoms with Crippen molar-refractivity contribution >= 4 is 11.6 Å². The van der Waals surface area contributed by atoms with Crippen LogP contribution in [0.2, 0.25) is 0 Å². The standard InChI is InChI=1S/C10H8NO2/c1-5-6(2)10(13)8-7(9(5)12)3-4-11-8/h4,11H,1-2H3. The maximum atomic E-state index is 11.6. The lowest BCUT2D eigenvalue weighted by atomic mass is 9.90. The molecule has 0 atom stereocenters. The summed E-state index contributed by atoms with van der Waals surface area (Å²) in [5.74, 6) is -0.207. The summed E-state index contributed by atoms with van der Waals surface area (Å²) in [5, 5.41) is 0. The third-order valence-electron chi connectivity index (χ3n) is 2.38. The van der Waals surface area contributed by atoms with Gasteiger partial charge in [-0.2, -0.15) is 0 Å². The van der Waals surface area contributed by atoms with Gasteiger partial charge < -0.3 is 4.98 Å². The van der Waals surface area contributed by atoms with Gasteiger partial charge in [0, 0.05) is 23.4 Å². The molecular weight excluding hydrogens is 166 g/mol. The van der Waals surface area contributed by atoms with Crippen LogP contribution < -0.4 is 0 Å². The summed E-state index contributed by atoms with van der Waals surface area (Å²) in [6.07, 6.45) is 1.49. The number of allylic oxidation sites excluding steroid dienone is 2. The number of H-pyrrole nitrogens is 1. The third-order valence-corrected chi connectivity index (χ3v) is 2.38. The number of aromatic nitrogens is 1. The van der Waals surface area contributed by atoms with Crippen LogP contribution in [0.25, 0.3) is 0 Å². The molecule has 3 heteroatoms. The maximum Gasteiger partial charge on any atom is 0.206 e. The molecule has 0 unspecified atom stereocenters. The molecule has 1 aliphatic rings. The first kappa shape index (κ1) is 7.98. The Kier molecular flexibility index (Phi) is 1.49. The van der Waals surface area contributed by atoms with Crippen molar-refractivity contribution in [3.63, 3.8) is 0 Å². The fourth-order valence-electron chi connectivity index (χ4n) is 1.40. The van der Waals surface area contributed by atoms with Crippen molar-refractivity contribution in [1.82, 2.24) is 4.98 Å². The molecule has 1 aliphatic carbocycles. The minimum atomic E-state index is -0.103. The number of nitrogens with one attached hydrogen (secondary N) is 1. The molecule has 13 heavy (non-hydrogen) atoms. The van der Waals surface area contributed by atoms with E-state index in [9.17, 15) is 9.59 Å². The van der Waals surface area contributed by atoms with Crippen LogP contribution in [-0.4, -0.2) is 16.6 Å². The van der Waals surface area contributed by atoms with Gasteiger partial charge in [-0.25, -0.2) is 0 Å². The Morgan fingerprint density at radius 3 is 2.46 bits per heavy atom. The summed E-state index contributed by atoms with van der Waals surface area (Å²) >= 11 is 0. The summed E-state index contributed by atoms with van der Waals surface area (Å²) in [6, 6.07) is 2.73. The number of Topliss-reactive ketones (excluding diaryl/α,β-unsaturated/α-hetero) is 2. The Labute approximate surface area is 75.5 Å². The van der Waals surface area contributed by atoms with Crippen molar-refractivity contribution < 1.29 is 9.59 Å². The smallest absolute Gasteiger partial charge is 0.206 e. The zero-order valence-corrected chi connectivity index (χ0v) is 7.39. The molecule has 2 rings (SSSR count). The number of carbonyl (C=O) groups is 2. The number of fused-ring (bicyclic) bond motifs is 1. The van der Waals surface area contributed by atoms with Crippen molar-refractivity contribution in [2.75, 3.05) is 0 Å². The molecule has 0 spiro atoms. The Morgan fingerprint density at radius 1 is 1.15 bits per heavy atom. The van der Waals surface area contributed by atoms with Gasteiger partial charge in [0.05, 0.1) is 11.3 Å². The molecule has 0 fully saturated rings. The molecule has 1 radical (unpaired) electrons. The molecule has 1 N–H and O–H groups in total. The molecule has 3 nitrogen and oxygen atoms in total. The summed E-state index contributed by atoms with van der Waals surface area (Å²) in [4.78, 5) is 25.9. The lowest BCUT2D eigenvalue weighted by molar-refractivity contribution is 0.0972. The van der Waals surface area contributed by atoms with E-state index in [4.69, 9.17) is 0 Å². The second kappa shape index (κ2) is 2.42. The lowest BCUT2D eigenvalue weighted by Crippen LogP contribution is -2.18. The van der Waals surface area contributed by atoms with Gasteiger partial charge in [-0.05, 0) is 13.8 Å². The molecule has 0 aromatic carbocycles. The lowest BCUT2D eigenvalue weighted by Gasteiger charge is -2.11. The van der Waals surface area contributed by atoms with E-state index in [-0.39, 0.29) is 11.6 Å². The molecule has 0 aliphatic heterocycles. The van der Waals surface area contributed by atoms with Gasteiger partial charge in [-0.3, -0.25) is 9.59 Å². The van der Waals surface area contributed by atoms with E-state index in [2.05, 4.69) is 11.1 Å². The molecular formula is C10H8NO2. The molecule has 0 amide bonds. The highest BCUT2D eigenvalue weighted by molar-refractivity contribution is 6.25.